The molecule has 0 saturated carbocycles. The van der Waals surface area contributed by atoms with Crippen molar-refractivity contribution in [3.63, 3.8) is 0 Å². The van der Waals surface area contributed by atoms with Crippen LogP contribution in [0.5, 0.6) is 11.5 Å². The molecule has 0 radical (unpaired) electrons. The van der Waals surface area contributed by atoms with Crippen LogP contribution in [0.1, 0.15) is 32.4 Å². The molecular weight excluding hydrogens is 244 g/mol. The van der Waals surface area contributed by atoms with E-state index in [1.165, 1.54) is 6.07 Å². The number of carbonyl (C=O) groups is 1. The normalized spacial score (nSPS) is 13.1. The van der Waals surface area contributed by atoms with Crippen molar-refractivity contribution in [2.24, 2.45) is 5.41 Å². The lowest BCUT2D eigenvalue weighted by atomic mass is 9.91. The summed E-state index contributed by atoms with van der Waals surface area (Å²) in [6, 6.07) is 4.38. The molecule has 1 rings (SSSR count). The molecule has 1 aromatic carbocycles. The van der Waals surface area contributed by atoms with Crippen LogP contribution in [0.2, 0.25) is 0 Å². The number of rotatable bonds is 5. The van der Waals surface area contributed by atoms with Crippen molar-refractivity contribution in [1.29, 1.82) is 0 Å². The van der Waals surface area contributed by atoms with Crippen molar-refractivity contribution in [3.05, 3.63) is 23.8 Å². The lowest BCUT2D eigenvalue weighted by Gasteiger charge is -2.25. The molecule has 4 N–H and O–H groups in total. The molecule has 0 aromatic heterocycles. The van der Waals surface area contributed by atoms with Gasteiger partial charge in [0.25, 0.3) is 0 Å². The molecule has 1 amide bonds. The summed E-state index contributed by atoms with van der Waals surface area (Å²) in [6.07, 6.45) is 0. The Morgan fingerprint density at radius 1 is 1.26 bits per heavy atom. The smallest absolute Gasteiger partial charge is 0.226 e. The van der Waals surface area contributed by atoms with E-state index in [9.17, 15) is 15.0 Å². The molecule has 0 saturated heterocycles. The SMILES string of the molecule is CNC(=O)C(C)(C)CNC(C)c1cc(O)cc(O)c1. The molecule has 5 heteroatoms. The lowest BCUT2D eigenvalue weighted by molar-refractivity contribution is -0.128. The highest BCUT2D eigenvalue weighted by molar-refractivity contribution is 5.81. The van der Waals surface area contributed by atoms with Crippen LogP contribution in [-0.4, -0.2) is 29.7 Å². The fourth-order valence-corrected chi connectivity index (χ4v) is 1.81. The van der Waals surface area contributed by atoms with Gasteiger partial charge in [0, 0.05) is 25.7 Å². The third kappa shape index (κ3) is 4.13. The minimum absolute atomic E-state index is 0.0224. The molecule has 0 aliphatic rings. The number of phenolic OH excluding ortho intramolecular Hbond substituents is 2. The highest BCUT2D eigenvalue weighted by Crippen LogP contribution is 2.25. The number of hydrogen-bond acceptors (Lipinski definition) is 4. The number of amides is 1. The van der Waals surface area contributed by atoms with Crippen molar-refractivity contribution in [2.75, 3.05) is 13.6 Å². The van der Waals surface area contributed by atoms with Crippen LogP contribution >= 0.6 is 0 Å². The third-order valence-corrected chi connectivity index (χ3v) is 3.12. The van der Waals surface area contributed by atoms with Gasteiger partial charge in [-0.3, -0.25) is 4.79 Å². The van der Waals surface area contributed by atoms with Crippen LogP contribution in [0.15, 0.2) is 18.2 Å². The highest BCUT2D eigenvalue weighted by atomic mass is 16.3. The number of benzene rings is 1. The molecule has 0 bridgehead atoms. The van der Waals surface area contributed by atoms with Crippen molar-refractivity contribution in [1.82, 2.24) is 10.6 Å². The van der Waals surface area contributed by atoms with Gasteiger partial charge < -0.3 is 20.8 Å². The number of aromatic hydroxyl groups is 2. The van der Waals surface area contributed by atoms with E-state index in [1.54, 1.807) is 19.2 Å². The zero-order valence-electron chi connectivity index (χ0n) is 11.8. The van der Waals surface area contributed by atoms with E-state index in [-0.39, 0.29) is 23.4 Å². The third-order valence-electron chi connectivity index (χ3n) is 3.12. The van der Waals surface area contributed by atoms with Gasteiger partial charge in [-0.05, 0) is 38.5 Å². The largest absolute Gasteiger partial charge is 0.508 e. The van der Waals surface area contributed by atoms with Gasteiger partial charge in [-0.2, -0.15) is 0 Å². The molecule has 0 aliphatic carbocycles. The maximum Gasteiger partial charge on any atom is 0.226 e. The van der Waals surface area contributed by atoms with Gasteiger partial charge in [0.15, 0.2) is 0 Å². The van der Waals surface area contributed by atoms with E-state index < -0.39 is 5.41 Å². The van der Waals surface area contributed by atoms with E-state index in [0.29, 0.717) is 6.54 Å². The maximum absolute atomic E-state index is 11.7. The Labute approximate surface area is 113 Å². The van der Waals surface area contributed by atoms with Crippen molar-refractivity contribution in [3.8, 4) is 11.5 Å². The molecule has 1 unspecified atom stereocenters. The van der Waals surface area contributed by atoms with Gasteiger partial charge in [-0.25, -0.2) is 0 Å². The van der Waals surface area contributed by atoms with Gasteiger partial charge in [0.2, 0.25) is 5.91 Å². The second kappa shape index (κ2) is 5.93. The van der Waals surface area contributed by atoms with Crippen LogP contribution in [0.4, 0.5) is 0 Å². The Bertz CT molecular complexity index is 438. The molecule has 0 spiro atoms. The van der Waals surface area contributed by atoms with Crippen molar-refractivity contribution in [2.45, 2.75) is 26.8 Å². The molecule has 0 fully saturated rings. The summed E-state index contributed by atoms with van der Waals surface area (Å²) >= 11 is 0. The minimum Gasteiger partial charge on any atom is -0.508 e. The van der Waals surface area contributed by atoms with Gasteiger partial charge in [0.05, 0.1) is 5.41 Å². The summed E-state index contributed by atoms with van der Waals surface area (Å²) in [7, 11) is 1.61. The lowest BCUT2D eigenvalue weighted by Crippen LogP contribution is -2.42. The molecule has 0 aliphatic heterocycles. The summed E-state index contributed by atoms with van der Waals surface area (Å²) in [5, 5.41) is 24.7. The monoisotopic (exact) mass is 266 g/mol. The van der Waals surface area contributed by atoms with Crippen LogP contribution in [0.25, 0.3) is 0 Å². The molecule has 1 atom stereocenters. The summed E-state index contributed by atoms with van der Waals surface area (Å²) in [5.41, 5.74) is 0.243. The molecule has 106 valence electrons. The fourth-order valence-electron chi connectivity index (χ4n) is 1.81. The first-order valence-electron chi connectivity index (χ1n) is 6.25. The van der Waals surface area contributed by atoms with E-state index in [4.69, 9.17) is 0 Å². The first-order chi connectivity index (χ1) is 8.76. The topological polar surface area (TPSA) is 81.6 Å². The summed E-state index contributed by atoms with van der Waals surface area (Å²) < 4.78 is 0. The molecule has 0 heterocycles. The van der Waals surface area contributed by atoms with Crippen LogP contribution in [0.3, 0.4) is 0 Å². The molecular formula is C14H22N2O3. The van der Waals surface area contributed by atoms with Crippen molar-refractivity contribution >= 4 is 5.91 Å². The standard InChI is InChI=1S/C14H22N2O3/c1-9(10-5-11(17)7-12(18)6-10)16-8-14(2,3)13(19)15-4/h5-7,9,16-18H,8H2,1-4H3,(H,15,19). The van der Waals surface area contributed by atoms with Crippen molar-refractivity contribution < 1.29 is 15.0 Å². The zero-order chi connectivity index (χ0) is 14.6. The minimum atomic E-state index is -0.526. The summed E-state index contributed by atoms with van der Waals surface area (Å²) in [4.78, 5) is 11.7. The Hall–Kier alpha value is -1.75. The van der Waals surface area contributed by atoms with Crippen LogP contribution in [0, 0.1) is 5.41 Å². The summed E-state index contributed by atoms with van der Waals surface area (Å²) in [6.45, 7) is 6.11. The number of phenols is 2. The average Bonchev–Trinajstić information content (AvgIpc) is 2.33. The van der Waals surface area contributed by atoms with E-state index in [1.807, 2.05) is 20.8 Å². The van der Waals surface area contributed by atoms with Gasteiger partial charge in [0.1, 0.15) is 11.5 Å². The Morgan fingerprint density at radius 2 is 1.79 bits per heavy atom. The van der Waals surface area contributed by atoms with Crippen LogP contribution in [-0.2, 0) is 4.79 Å². The van der Waals surface area contributed by atoms with E-state index >= 15 is 0 Å². The first kappa shape index (κ1) is 15.3. The summed E-state index contributed by atoms with van der Waals surface area (Å²) in [5.74, 6) is 0.00868. The number of nitrogens with one attached hydrogen (secondary N) is 2. The second-order valence-electron chi connectivity index (χ2n) is 5.35. The molecule has 5 nitrogen and oxygen atoms in total. The molecule has 1 aromatic rings. The Balaban J connectivity index is 2.70. The fraction of sp³-hybridized carbons (Fsp3) is 0.500. The Morgan fingerprint density at radius 3 is 2.26 bits per heavy atom. The van der Waals surface area contributed by atoms with Crippen LogP contribution < -0.4 is 10.6 Å². The Kier molecular flexibility index (Phi) is 4.78. The van der Waals surface area contributed by atoms with E-state index in [0.717, 1.165) is 5.56 Å². The average molecular weight is 266 g/mol. The van der Waals surface area contributed by atoms with Gasteiger partial charge >= 0.3 is 0 Å². The highest BCUT2D eigenvalue weighted by Gasteiger charge is 2.26. The van der Waals surface area contributed by atoms with Gasteiger partial charge in [-0.1, -0.05) is 0 Å². The quantitative estimate of drug-likeness (QED) is 0.651. The van der Waals surface area contributed by atoms with E-state index in [2.05, 4.69) is 10.6 Å². The second-order valence-corrected chi connectivity index (χ2v) is 5.35. The zero-order valence-corrected chi connectivity index (χ0v) is 11.8. The van der Waals surface area contributed by atoms with Gasteiger partial charge in [-0.15, -0.1) is 0 Å². The maximum atomic E-state index is 11.7. The number of carbonyl (C=O) groups excluding carboxylic acids is 1. The predicted molar refractivity (Wildman–Crippen MR) is 74.0 cm³/mol. The molecule has 19 heavy (non-hydrogen) atoms. The first-order valence-corrected chi connectivity index (χ1v) is 6.25. The predicted octanol–water partition coefficient (Wildman–Crippen LogP) is 1.52. The number of hydrogen-bond donors (Lipinski definition) is 4.